The van der Waals surface area contributed by atoms with E-state index in [0.717, 1.165) is 16.7 Å². The van der Waals surface area contributed by atoms with E-state index in [-0.39, 0.29) is 23.4 Å². The van der Waals surface area contributed by atoms with E-state index < -0.39 is 40.8 Å². The molecule has 1 atom stereocenters. The third-order valence-corrected chi connectivity index (χ3v) is 3.97. The molecule has 0 fully saturated rings. The number of aromatic nitrogens is 2. The van der Waals surface area contributed by atoms with Crippen LogP contribution in [0.4, 0.5) is 14.6 Å². The first-order chi connectivity index (χ1) is 11.3. The Labute approximate surface area is 135 Å². The summed E-state index contributed by atoms with van der Waals surface area (Å²) in [4.78, 5) is 39.3. The van der Waals surface area contributed by atoms with Gasteiger partial charge in [-0.15, -0.1) is 0 Å². The van der Waals surface area contributed by atoms with Crippen LogP contribution in [0.2, 0.25) is 0 Å². The van der Waals surface area contributed by atoms with Crippen LogP contribution in [-0.2, 0) is 0 Å². The van der Waals surface area contributed by atoms with Crippen LogP contribution in [-0.4, -0.2) is 15.3 Å². The van der Waals surface area contributed by atoms with Gasteiger partial charge >= 0.3 is 5.69 Å². The van der Waals surface area contributed by atoms with Crippen molar-refractivity contribution < 1.29 is 13.6 Å². The Morgan fingerprint density at radius 3 is 2.54 bits per heavy atom. The Morgan fingerprint density at radius 2 is 1.92 bits per heavy atom. The molecule has 126 valence electrons. The molecule has 0 saturated carbocycles. The zero-order valence-corrected chi connectivity index (χ0v) is 13.0. The second-order valence-electron chi connectivity index (χ2n) is 5.94. The molecule has 1 aromatic carbocycles. The van der Waals surface area contributed by atoms with E-state index in [1.54, 1.807) is 13.8 Å². The average Bonchev–Trinajstić information content (AvgIpc) is 2.45. The summed E-state index contributed by atoms with van der Waals surface area (Å²) in [6.07, 6.45) is -0.172. The second kappa shape index (κ2) is 5.70. The fraction of sp³-hybridized carbons (Fsp3) is 0.312. The zero-order chi connectivity index (χ0) is 17.6. The third-order valence-electron chi connectivity index (χ3n) is 3.97. The highest BCUT2D eigenvalue weighted by molar-refractivity contribution is 6.02. The summed E-state index contributed by atoms with van der Waals surface area (Å²) in [6, 6.07) is 1.83. The van der Waals surface area contributed by atoms with Gasteiger partial charge in [-0.05, 0) is 19.9 Å². The normalized spacial score (nSPS) is 16.9. The largest absolute Gasteiger partial charge is 0.363 e. The number of hydrogen-bond donors (Lipinski definition) is 2. The molecule has 2 N–H and O–H groups in total. The third kappa shape index (κ3) is 2.53. The van der Waals surface area contributed by atoms with E-state index in [1.807, 2.05) is 0 Å². The highest BCUT2D eigenvalue weighted by Gasteiger charge is 2.32. The SMILES string of the molecule is CC(C)n1c(=O)[nH]c2c(c1=O)C(=O)CC(c1ccc(F)cc1F)N2. The number of hydrogen-bond acceptors (Lipinski definition) is 4. The summed E-state index contributed by atoms with van der Waals surface area (Å²) >= 11 is 0. The van der Waals surface area contributed by atoms with Crippen molar-refractivity contribution in [1.82, 2.24) is 9.55 Å². The van der Waals surface area contributed by atoms with Crippen molar-refractivity contribution in [1.29, 1.82) is 0 Å². The molecule has 0 aliphatic carbocycles. The molecule has 1 aliphatic rings. The summed E-state index contributed by atoms with van der Waals surface area (Å²) in [5, 5.41) is 2.80. The summed E-state index contributed by atoms with van der Waals surface area (Å²) in [5.74, 6) is -2.08. The number of halogens is 2. The van der Waals surface area contributed by atoms with Crippen LogP contribution < -0.4 is 16.6 Å². The van der Waals surface area contributed by atoms with Crippen molar-refractivity contribution >= 4 is 11.6 Å². The first kappa shape index (κ1) is 16.1. The lowest BCUT2D eigenvalue weighted by Gasteiger charge is -2.26. The number of Topliss-reactive ketones (excluding diaryl/α,β-unsaturated/α-hetero) is 1. The van der Waals surface area contributed by atoms with Crippen molar-refractivity contribution in [2.75, 3.05) is 5.32 Å². The van der Waals surface area contributed by atoms with Crippen LogP contribution in [0.1, 0.15) is 48.3 Å². The van der Waals surface area contributed by atoms with Gasteiger partial charge in [-0.25, -0.2) is 13.6 Å². The number of nitrogens with one attached hydrogen (secondary N) is 2. The van der Waals surface area contributed by atoms with Crippen LogP contribution in [0.15, 0.2) is 27.8 Å². The fourth-order valence-electron chi connectivity index (χ4n) is 2.87. The van der Waals surface area contributed by atoms with Gasteiger partial charge in [-0.2, -0.15) is 0 Å². The first-order valence-electron chi connectivity index (χ1n) is 7.43. The van der Waals surface area contributed by atoms with Crippen LogP contribution in [0.5, 0.6) is 0 Å². The molecule has 0 bridgehead atoms. The van der Waals surface area contributed by atoms with Gasteiger partial charge in [0.25, 0.3) is 5.56 Å². The lowest BCUT2D eigenvalue weighted by atomic mass is 9.94. The van der Waals surface area contributed by atoms with Gasteiger partial charge in [0.2, 0.25) is 0 Å². The van der Waals surface area contributed by atoms with Crippen LogP contribution in [0, 0.1) is 11.6 Å². The van der Waals surface area contributed by atoms with Crippen molar-refractivity contribution in [2.24, 2.45) is 0 Å². The van der Waals surface area contributed by atoms with E-state index in [9.17, 15) is 23.2 Å². The van der Waals surface area contributed by atoms with Crippen molar-refractivity contribution in [3.63, 3.8) is 0 Å². The van der Waals surface area contributed by atoms with E-state index >= 15 is 0 Å². The highest BCUT2D eigenvalue weighted by atomic mass is 19.1. The Balaban J connectivity index is 2.10. The lowest BCUT2D eigenvalue weighted by molar-refractivity contribution is 0.0968. The predicted molar refractivity (Wildman–Crippen MR) is 83.4 cm³/mol. The molecule has 1 aliphatic heterocycles. The summed E-state index contributed by atoms with van der Waals surface area (Å²) in [7, 11) is 0. The smallest absolute Gasteiger partial charge is 0.330 e. The quantitative estimate of drug-likeness (QED) is 0.881. The summed E-state index contributed by atoms with van der Waals surface area (Å²) in [6.45, 7) is 3.31. The molecule has 0 radical (unpaired) electrons. The number of aromatic amines is 1. The number of ketones is 1. The molecular weight excluding hydrogens is 320 g/mol. The number of carbonyl (C=O) groups excluding carboxylic acids is 1. The number of benzene rings is 1. The van der Waals surface area contributed by atoms with E-state index in [0.29, 0.717) is 0 Å². The standard InChI is InChI=1S/C16H15F2N3O3/c1-7(2)21-15(23)13-12(22)6-11(19-14(13)20-16(21)24)9-4-3-8(17)5-10(9)18/h3-5,7,11,19H,6H2,1-2H3,(H,20,24). The van der Waals surface area contributed by atoms with Crippen LogP contribution >= 0.6 is 0 Å². The molecule has 3 rings (SSSR count). The van der Waals surface area contributed by atoms with Gasteiger partial charge in [0.1, 0.15) is 23.0 Å². The Bertz CT molecular complexity index is 947. The lowest BCUT2D eigenvalue weighted by Crippen LogP contribution is -2.42. The summed E-state index contributed by atoms with van der Waals surface area (Å²) in [5.41, 5.74) is -1.40. The van der Waals surface area contributed by atoms with Gasteiger partial charge in [0.05, 0.1) is 6.04 Å². The average molecular weight is 335 g/mol. The molecule has 1 aromatic heterocycles. The number of nitrogens with zero attached hydrogens (tertiary/aromatic N) is 1. The van der Waals surface area contributed by atoms with Gasteiger partial charge in [0.15, 0.2) is 5.78 Å². The van der Waals surface area contributed by atoms with Gasteiger partial charge in [-0.3, -0.25) is 19.1 Å². The highest BCUT2D eigenvalue weighted by Crippen LogP contribution is 2.30. The minimum absolute atomic E-state index is 0.0353. The Hall–Kier alpha value is -2.77. The monoisotopic (exact) mass is 335 g/mol. The molecule has 2 aromatic rings. The van der Waals surface area contributed by atoms with E-state index in [2.05, 4.69) is 10.3 Å². The summed E-state index contributed by atoms with van der Waals surface area (Å²) < 4.78 is 27.9. The maximum Gasteiger partial charge on any atom is 0.330 e. The number of fused-ring (bicyclic) bond motifs is 1. The topological polar surface area (TPSA) is 84.0 Å². The molecule has 24 heavy (non-hydrogen) atoms. The van der Waals surface area contributed by atoms with Crippen molar-refractivity contribution in [2.45, 2.75) is 32.4 Å². The van der Waals surface area contributed by atoms with Crippen LogP contribution in [0.3, 0.4) is 0 Å². The number of carbonyl (C=O) groups is 1. The minimum atomic E-state index is -0.804. The number of rotatable bonds is 2. The minimum Gasteiger partial charge on any atom is -0.363 e. The maximum atomic E-state index is 13.9. The zero-order valence-electron chi connectivity index (χ0n) is 13.0. The van der Waals surface area contributed by atoms with Crippen molar-refractivity contribution in [3.05, 3.63) is 61.8 Å². The molecule has 1 unspecified atom stereocenters. The molecule has 8 heteroatoms. The molecular formula is C16H15F2N3O3. The maximum absolute atomic E-state index is 13.9. The predicted octanol–water partition coefficient (Wildman–Crippen LogP) is 2.14. The first-order valence-corrected chi connectivity index (χ1v) is 7.43. The van der Waals surface area contributed by atoms with Gasteiger partial charge < -0.3 is 5.32 Å². The number of anilines is 1. The molecule has 6 nitrogen and oxygen atoms in total. The second-order valence-corrected chi connectivity index (χ2v) is 5.94. The fourth-order valence-corrected chi connectivity index (χ4v) is 2.87. The van der Waals surface area contributed by atoms with Crippen LogP contribution in [0.25, 0.3) is 0 Å². The molecule has 0 saturated heterocycles. The van der Waals surface area contributed by atoms with E-state index in [4.69, 9.17) is 0 Å². The molecule has 0 amide bonds. The number of H-pyrrole nitrogens is 1. The van der Waals surface area contributed by atoms with Gasteiger partial charge in [0, 0.05) is 24.1 Å². The van der Waals surface area contributed by atoms with Gasteiger partial charge in [-0.1, -0.05) is 6.07 Å². The molecule has 2 heterocycles. The Morgan fingerprint density at radius 1 is 1.21 bits per heavy atom. The van der Waals surface area contributed by atoms with E-state index in [1.165, 1.54) is 6.07 Å². The Kier molecular flexibility index (Phi) is 3.82. The van der Waals surface area contributed by atoms with Crippen molar-refractivity contribution in [3.8, 4) is 0 Å². The molecule has 0 spiro atoms.